The van der Waals surface area contributed by atoms with Crippen LogP contribution in [0.3, 0.4) is 0 Å². The van der Waals surface area contributed by atoms with Crippen LogP contribution in [-0.2, 0) is 26.0 Å². The molecule has 1 aromatic heterocycles. The van der Waals surface area contributed by atoms with Gasteiger partial charge in [0.15, 0.2) is 5.78 Å². The fourth-order valence-corrected chi connectivity index (χ4v) is 6.05. The molecule has 0 saturated carbocycles. The zero-order chi connectivity index (χ0) is 32.5. The van der Waals surface area contributed by atoms with Crippen molar-refractivity contribution in [1.29, 1.82) is 0 Å². The second-order valence-corrected chi connectivity index (χ2v) is 12.0. The highest BCUT2D eigenvalue weighted by Gasteiger charge is 2.18. The van der Waals surface area contributed by atoms with Crippen molar-refractivity contribution < 1.29 is 24.9 Å². The largest absolute Gasteiger partial charge is 0.508 e. The smallest absolute Gasteiger partial charge is 0.179 e. The second-order valence-electron chi connectivity index (χ2n) is 12.0. The number of carbonyl (C=O) groups is 1. The molecular formula is C39H44N2O5. The monoisotopic (exact) mass is 620 g/mol. The summed E-state index contributed by atoms with van der Waals surface area (Å²) in [5, 5.41) is 34.4. The van der Waals surface area contributed by atoms with E-state index in [9.17, 15) is 20.1 Å². The van der Waals surface area contributed by atoms with Crippen LogP contribution in [0.2, 0.25) is 0 Å². The summed E-state index contributed by atoms with van der Waals surface area (Å²) < 4.78 is 7.63. The third kappa shape index (κ3) is 8.23. The Labute approximate surface area is 271 Å². The highest BCUT2D eigenvalue weighted by atomic mass is 16.5. The normalized spacial score (nSPS) is 12.7. The Morgan fingerprint density at radius 1 is 0.891 bits per heavy atom. The summed E-state index contributed by atoms with van der Waals surface area (Å²) in [6.07, 6.45) is 3.04. The van der Waals surface area contributed by atoms with Crippen LogP contribution < -0.4 is 10.1 Å². The van der Waals surface area contributed by atoms with Gasteiger partial charge in [-0.3, -0.25) is 4.79 Å². The zero-order valence-electron chi connectivity index (χ0n) is 26.7. The molecular weight excluding hydrogens is 576 g/mol. The minimum Gasteiger partial charge on any atom is -0.508 e. The Morgan fingerprint density at radius 2 is 1.67 bits per heavy atom. The molecule has 4 N–H and O–H groups in total. The highest BCUT2D eigenvalue weighted by Crippen LogP contribution is 2.27. The van der Waals surface area contributed by atoms with Crippen molar-refractivity contribution in [3.8, 4) is 11.5 Å². The Hall–Kier alpha value is -4.43. The first-order valence-corrected chi connectivity index (χ1v) is 16.0. The van der Waals surface area contributed by atoms with E-state index in [0.717, 1.165) is 64.7 Å². The molecule has 0 saturated heterocycles. The number of fused-ring (bicyclic) bond motifs is 1. The van der Waals surface area contributed by atoms with Gasteiger partial charge in [0.05, 0.1) is 25.5 Å². The Balaban J connectivity index is 1.26. The van der Waals surface area contributed by atoms with Crippen molar-refractivity contribution in [1.82, 2.24) is 9.88 Å². The van der Waals surface area contributed by atoms with Crippen LogP contribution in [0.5, 0.6) is 11.5 Å². The number of hydrogen-bond acceptors (Lipinski definition) is 6. The number of aliphatic hydroxyl groups is 2. The standard InChI is InChI=1S/C39H44N2O5/c1-27(40-24-38(45)31-17-19-36(43)33(22-31)26-42)20-29-16-18-34-32(21-29)23-35(41(34)25-28-10-4-3-5-11-28)37(44)14-8-6-12-30-13-7-9-15-39(30)46-2/h3-5,7,9-11,13,15-19,21-23,27,38,40,42-43,45H,6,8,12,14,20,24-26H2,1-2H3/t27-,38+/m1/s1. The van der Waals surface area contributed by atoms with Crippen LogP contribution in [0.25, 0.3) is 10.9 Å². The number of aryl methyl sites for hydroxylation is 1. The van der Waals surface area contributed by atoms with Crippen LogP contribution in [0.1, 0.15) is 70.6 Å². The van der Waals surface area contributed by atoms with Crippen molar-refractivity contribution in [2.45, 2.75) is 64.3 Å². The van der Waals surface area contributed by atoms with Crippen LogP contribution in [0, 0.1) is 0 Å². The lowest BCUT2D eigenvalue weighted by Gasteiger charge is -2.18. The van der Waals surface area contributed by atoms with Crippen molar-refractivity contribution >= 4 is 16.7 Å². The number of unbranched alkanes of at least 4 members (excludes halogenated alkanes) is 1. The Bertz CT molecular complexity index is 1750. The number of carbonyl (C=O) groups excluding carboxylic acids is 1. The summed E-state index contributed by atoms with van der Waals surface area (Å²) >= 11 is 0. The van der Waals surface area contributed by atoms with E-state index in [1.54, 1.807) is 19.2 Å². The third-order valence-corrected chi connectivity index (χ3v) is 8.59. The molecule has 5 rings (SSSR count). The zero-order valence-corrected chi connectivity index (χ0v) is 26.7. The van der Waals surface area contributed by atoms with Gasteiger partial charge in [-0.25, -0.2) is 0 Å². The fourth-order valence-electron chi connectivity index (χ4n) is 6.05. The third-order valence-electron chi connectivity index (χ3n) is 8.59. The topological polar surface area (TPSA) is 104 Å². The quantitative estimate of drug-likeness (QED) is 0.0719. The number of Topliss-reactive ketones (excluding diaryl/α,β-unsaturated/α-hetero) is 1. The van der Waals surface area contributed by atoms with E-state index >= 15 is 0 Å². The summed E-state index contributed by atoms with van der Waals surface area (Å²) in [5.74, 6) is 1.06. The van der Waals surface area contributed by atoms with Gasteiger partial charge in [0.25, 0.3) is 0 Å². The van der Waals surface area contributed by atoms with Gasteiger partial charge in [-0.15, -0.1) is 0 Å². The molecule has 240 valence electrons. The SMILES string of the molecule is COc1ccccc1CCCCC(=O)c1cc2cc(C[C@@H](C)NC[C@H](O)c3ccc(O)c(CO)c3)ccc2n1Cc1ccccc1. The van der Waals surface area contributed by atoms with Gasteiger partial charge in [-0.05, 0) is 91.3 Å². The molecule has 7 heteroatoms. The second kappa shape index (κ2) is 15.7. The number of nitrogens with zero attached hydrogens (tertiary/aromatic N) is 1. The molecule has 0 amide bonds. The number of para-hydroxylation sites is 1. The van der Waals surface area contributed by atoms with E-state index in [1.165, 1.54) is 6.07 Å². The van der Waals surface area contributed by atoms with Crippen molar-refractivity contribution in [3.63, 3.8) is 0 Å². The number of hydrogen-bond donors (Lipinski definition) is 4. The molecule has 2 atom stereocenters. The molecule has 0 bridgehead atoms. The first kappa shape index (κ1) is 32.9. The predicted molar refractivity (Wildman–Crippen MR) is 183 cm³/mol. The number of aliphatic hydroxyl groups excluding tert-OH is 2. The average molecular weight is 621 g/mol. The fraction of sp³-hybridized carbons (Fsp3) is 0.308. The van der Waals surface area contributed by atoms with Crippen molar-refractivity contribution in [3.05, 3.63) is 131 Å². The van der Waals surface area contributed by atoms with Crippen molar-refractivity contribution in [2.24, 2.45) is 0 Å². The van der Waals surface area contributed by atoms with Gasteiger partial charge >= 0.3 is 0 Å². The van der Waals surface area contributed by atoms with Gasteiger partial charge < -0.3 is 29.9 Å². The van der Waals surface area contributed by atoms with Crippen molar-refractivity contribution in [2.75, 3.05) is 13.7 Å². The lowest BCUT2D eigenvalue weighted by Crippen LogP contribution is -2.32. The van der Waals surface area contributed by atoms with Crippen LogP contribution >= 0.6 is 0 Å². The van der Waals surface area contributed by atoms with E-state index < -0.39 is 6.10 Å². The minimum absolute atomic E-state index is 0.0155. The number of methoxy groups -OCH3 is 1. The number of rotatable bonds is 16. The number of phenols is 1. The molecule has 7 nitrogen and oxygen atoms in total. The predicted octanol–water partition coefficient (Wildman–Crippen LogP) is 6.75. The van der Waals surface area contributed by atoms with Gasteiger partial charge in [-0.2, -0.15) is 0 Å². The molecule has 0 radical (unpaired) electrons. The Morgan fingerprint density at radius 3 is 2.46 bits per heavy atom. The van der Waals surface area contributed by atoms with Crippen LogP contribution in [-0.4, -0.2) is 45.4 Å². The molecule has 0 fully saturated rings. The summed E-state index contributed by atoms with van der Waals surface area (Å²) in [4.78, 5) is 13.6. The number of ketones is 1. The molecule has 0 aliphatic heterocycles. The number of aromatic hydroxyl groups is 1. The molecule has 5 aromatic rings. The molecule has 0 aliphatic rings. The number of benzene rings is 4. The maximum Gasteiger partial charge on any atom is 0.179 e. The molecule has 4 aromatic carbocycles. The lowest BCUT2D eigenvalue weighted by molar-refractivity contribution is 0.0971. The Kier molecular flexibility index (Phi) is 11.3. The van der Waals surface area contributed by atoms with E-state index in [1.807, 2.05) is 42.5 Å². The van der Waals surface area contributed by atoms with Gasteiger partial charge in [-0.1, -0.05) is 60.7 Å². The number of ether oxygens (including phenoxy) is 1. The summed E-state index contributed by atoms with van der Waals surface area (Å²) in [6, 6.07) is 31.6. The summed E-state index contributed by atoms with van der Waals surface area (Å²) in [5.41, 5.74) is 6.25. The van der Waals surface area contributed by atoms with E-state index in [2.05, 4.69) is 53.2 Å². The van der Waals surface area contributed by atoms with Gasteiger partial charge in [0, 0.05) is 42.0 Å². The van der Waals surface area contributed by atoms with E-state index in [4.69, 9.17) is 4.74 Å². The van der Waals surface area contributed by atoms with Gasteiger partial charge in [0.2, 0.25) is 0 Å². The molecule has 1 heterocycles. The van der Waals surface area contributed by atoms with E-state index in [-0.39, 0.29) is 24.2 Å². The van der Waals surface area contributed by atoms with Gasteiger partial charge in [0.1, 0.15) is 11.5 Å². The van der Waals surface area contributed by atoms with E-state index in [0.29, 0.717) is 30.6 Å². The maximum atomic E-state index is 13.6. The van der Waals surface area contributed by atoms with Crippen LogP contribution in [0.4, 0.5) is 0 Å². The minimum atomic E-state index is -0.772. The first-order valence-electron chi connectivity index (χ1n) is 16.0. The first-order chi connectivity index (χ1) is 22.4. The van der Waals surface area contributed by atoms with Crippen LogP contribution in [0.15, 0.2) is 97.1 Å². The summed E-state index contributed by atoms with van der Waals surface area (Å²) in [6.45, 7) is 2.75. The summed E-state index contributed by atoms with van der Waals surface area (Å²) in [7, 11) is 1.69. The number of aromatic nitrogens is 1. The molecule has 0 unspecified atom stereocenters. The maximum absolute atomic E-state index is 13.6. The lowest BCUT2D eigenvalue weighted by atomic mass is 10.0. The highest BCUT2D eigenvalue weighted by molar-refractivity contribution is 6.00. The average Bonchev–Trinajstić information content (AvgIpc) is 3.43. The molecule has 0 spiro atoms. The number of nitrogens with one attached hydrogen (secondary N) is 1. The molecule has 46 heavy (non-hydrogen) atoms. The molecule has 0 aliphatic carbocycles.